The summed E-state index contributed by atoms with van der Waals surface area (Å²) in [4.78, 5) is 0. The Kier molecular flexibility index (Phi) is 52.6. The second-order valence-electron chi connectivity index (χ2n) is 0.214. The van der Waals surface area contributed by atoms with Crippen LogP contribution < -0.4 is 0 Å². The minimum atomic E-state index is -1.11. The van der Waals surface area contributed by atoms with Crippen molar-refractivity contribution in [2.24, 2.45) is 0 Å². The molecule has 0 unspecified atom stereocenters. The molecule has 0 aromatic rings. The monoisotopic (exact) mass is 432 g/mol. The minimum absolute atomic E-state index is 0. The van der Waals surface area contributed by atoms with Crippen molar-refractivity contribution < 1.29 is 11.0 Å². The molecule has 0 aromatic carbocycles. The zero-order chi connectivity index (χ0) is 3.58. The molecule has 0 rings (SSSR count). The van der Waals surface area contributed by atoms with Crippen LogP contribution >= 0.6 is 38.1 Å². The van der Waals surface area contributed by atoms with Crippen molar-refractivity contribution in [3.63, 3.8) is 0 Å². The third-order valence-electron chi connectivity index (χ3n) is 0. The van der Waals surface area contributed by atoms with Gasteiger partial charge in [-0.1, -0.05) is 0 Å². The van der Waals surface area contributed by atoms with Crippen LogP contribution in [0.3, 0.4) is 0 Å². The normalized spacial score (nSPS) is 5.14. The van der Waals surface area contributed by atoms with E-state index in [1.54, 1.807) is 0 Å². The maximum absolute atomic E-state index is 3.30. The molecule has 0 heterocycles. The summed E-state index contributed by atoms with van der Waals surface area (Å²) in [5, 5.41) is 0. The van der Waals surface area contributed by atoms with Crippen molar-refractivity contribution in [2.75, 3.05) is 0 Å². The van der Waals surface area contributed by atoms with Crippen LogP contribution in [-0.4, -0.2) is 75.4 Å². The Hall–Kier alpha value is 3.80. The van der Waals surface area contributed by atoms with Gasteiger partial charge in [0.25, 0.3) is 0 Å². The smallest absolute Gasteiger partial charge is 0 e. The van der Waals surface area contributed by atoms with E-state index in [1.165, 1.54) is 0 Å². The fourth-order valence-electron chi connectivity index (χ4n) is 0. The SMILES string of the molecule is O.O.[Br][Sn]([Br])[Br].[K]. The Labute approximate surface area is 110 Å². The van der Waals surface area contributed by atoms with Gasteiger partial charge in [0.2, 0.25) is 0 Å². The van der Waals surface area contributed by atoms with E-state index in [0.29, 0.717) is 0 Å². The molecule has 0 saturated carbocycles. The molecular formula is H4Br3KO2Sn. The van der Waals surface area contributed by atoms with Gasteiger partial charge in [-0.3, -0.25) is 0 Å². The zero-order valence-electron chi connectivity index (χ0n) is 3.63. The van der Waals surface area contributed by atoms with Crippen LogP contribution in [0.2, 0.25) is 0 Å². The first-order valence-corrected chi connectivity index (χ1v) is 19.8. The summed E-state index contributed by atoms with van der Waals surface area (Å²) in [7, 11) is 0. The van der Waals surface area contributed by atoms with Crippen molar-refractivity contribution in [1.82, 2.24) is 0 Å². The summed E-state index contributed by atoms with van der Waals surface area (Å²) in [6, 6.07) is 0. The van der Waals surface area contributed by atoms with Gasteiger partial charge >= 0.3 is 51.2 Å². The van der Waals surface area contributed by atoms with E-state index in [0.717, 1.165) is 0 Å². The van der Waals surface area contributed by atoms with Gasteiger partial charge in [0, 0.05) is 51.4 Å². The van der Waals surface area contributed by atoms with E-state index in [1.807, 2.05) is 0 Å². The Bertz CT molecular complexity index is 17.7. The van der Waals surface area contributed by atoms with Gasteiger partial charge in [0.15, 0.2) is 0 Å². The van der Waals surface area contributed by atoms with Gasteiger partial charge in [0.05, 0.1) is 0 Å². The van der Waals surface area contributed by atoms with E-state index >= 15 is 0 Å². The average Bonchev–Trinajstić information content (AvgIpc) is 0.811. The second-order valence-corrected chi connectivity index (χ2v) is 38.8. The molecule has 0 aliphatic carbocycles. The van der Waals surface area contributed by atoms with Crippen LogP contribution in [0.15, 0.2) is 0 Å². The summed E-state index contributed by atoms with van der Waals surface area (Å²) in [5.41, 5.74) is 0. The molecular weight excluding hydrogens is 430 g/mol. The van der Waals surface area contributed by atoms with Crippen LogP contribution in [0.1, 0.15) is 0 Å². The zero-order valence-corrected chi connectivity index (χ0v) is 14.4. The van der Waals surface area contributed by atoms with Crippen LogP contribution in [0.25, 0.3) is 0 Å². The fourth-order valence-corrected chi connectivity index (χ4v) is 0. The topological polar surface area (TPSA) is 63.0 Å². The van der Waals surface area contributed by atoms with E-state index < -0.39 is 13.1 Å². The molecule has 0 atom stereocenters. The standard InChI is InChI=1S/3BrH.K.2H2O.Sn/h3*1H;;2*1H2;/q;;;;;;+3/p-3. The third-order valence-corrected chi connectivity index (χ3v) is 0. The molecule has 0 amide bonds. The van der Waals surface area contributed by atoms with Crippen molar-refractivity contribution >= 4 is 103 Å². The molecule has 0 saturated heterocycles. The summed E-state index contributed by atoms with van der Waals surface area (Å²) in [6.45, 7) is 0. The third kappa shape index (κ3) is 41.3. The summed E-state index contributed by atoms with van der Waals surface area (Å²) in [6.07, 6.45) is 0. The largest absolute Gasteiger partial charge is 0 e. The van der Waals surface area contributed by atoms with Crippen LogP contribution in [-0.2, 0) is 0 Å². The first-order valence-electron chi connectivity index (χ1n) is 0.567. The molecule has 42 valence electrons. The van der Waals surface area contributed by atoms with Gasteiger partial charge in [-0.2, -0.15) is 0 Å². The fraction of sp³-hybridized carbons (Fsp3) is 0. The molecule has 0 aliphatic rings. The molecule has 7 heavy (non-hydrogen) atoms. The predicted molar refractivity (Wildman–Crippen MR) is 45.5 cm³/mol. The Balaban J connectivity index is -0.0000000150. The molecule has 7 heteroatoms. The minimum Gasteiger partial charge on any atom is 0 e. The molecule has 2 nitrogen and oxygen atoms in total. The summed E-state index contributed by atoms with van der Waals surface area (Å²) < 4.78 is 0. The molecule has 0 aromatic heterocycles. The Morgan fingerprint density at radius 1 is 0.857 bits per heavy atom. The predicted octanol–water partition coefficient (Wildman–Crippen LogP) is 0.126. The van der Waals surface area contributed by atoms with Crippen molar-refractivity contribution in [3.8, 4) is 0 Å². The van der Waals surface area contributed by atoms with Crippen molar-refractivity contribution in [1.29, 1.82) is 0 Å². The van der Waals surface area contributed by atoms with Gasteiger partial charge in [-0.05, 0) is 0 Å². The number of hydrogen-bond acceptors (Lipinski definition) is 0. The van der Waals surface area contributed by atoms with Crippen LogP contribution in [0.4, 0.5) is 0 Å². The second kappa shape index (κ2) is 16.4. The first-order chi connectivity index (χ1) is 1.73. The Morgan fingerprint density at radius 3 is 0.857 bits per heavy atom. The maximum atomic E-state index is 3.30. The van der Waals surface area contributed by atoms with Gasteiger partial charge in [0.1, 0.15) is 0 Å². The molecule has 0 bridgehead atoms. The number of rotatable bonds is 0. The maximum Gasteiger partial charge on any atom is 0 e. The van der Waals surface area contributed by atoms with Crippen molar-refractivity contribution in [2.45, 2.75) is 0 Å². The van der Waals surface area contributed by atoms with Gasteiger partial charge in [-0.25, -0.2) is 0 Å². The quantitative estimate of drug-likeness (QED) is 0.488. The van der Waals surface area contributed by atoms with E-state index in [9.17, 15) is 0 Å². The van der Waals surface area contributed by atoms with E-state index in [-0.39, 0.29) is 62.3 Å². The summed E-state index contributed by atoms with van der Waals surface area (Å²) >= 11 is 8.80. The van der Waals surface area contributed by atoms with Crippen LogP contribution in [0.5, 0.6) is 0 Å². The van der Waals surface area contributed by atoms with Crippen LogP contribution in [0, 0.1) is 0 Å². The molecule has 0 aliphatic heterocycles. The number of hydrogen-bond donors (Lipinski definition) is 0. The molecule has 0 spiro atoms. The van der Waals surface area contributed by atoms with E-state index in [2.05, 4.69) is 38.1 Å². The summed E-state index contributed by atoms with van der Waals surface area (Å²) in [5.74, 6) is 0. The van der Waals surface area contributed by atoms with Crippen molar-refractivity contribution in [3.05, 3.63) is 0 Å². The first kappa shape index (κ1) is 22.4. The van der Waals surface area contributed by atoms with Gasteiger partial charge < -0.3 is 11.0 Å². The Morgan fingerprint density at radius 2 is 0.857 bits per heavy atom. The average molecular weight is 434 g/mol. The van der Waals surface area contributed by atoms with Gasteiger partial charge in [-0.15, -0.1) is 0 Å². The molecule has 2 radical (unpaired) electrons. The number of halogens is 3. The molecule has 4 N–H and O–H groups in total. The van der Waals surface area contributed by atoms with E-state index in [4.69, 9.17) is 0 Å². The molecule has 0 fully saturated rings.